The van der Waals surface area contributed by atoms with Crippen molar-refractivity contribution in [3.8, 4) is 0 Å². The van der Waals surface area contributed by atoms with Gasteiger partial charge in [-0.05, 0) is 49.6 Å². The molecule has 2 bridgehead atoms. The van der Waals surface area contributed by atoms with Crippen LogP contribution < -0.4 is 0 Å². The molecule has 3 heterocycles. The maximum Gasteiger partial charge on any atom is 0.166 e. The lowest BCUT2D eigenvalue weighted by Gasteiger charge is -2.48. The number of carbonyl (C=O) groups is 1. The molecule has 148 valence electrons. The number of ketones is 1. The van der Waals surface area contributed by atoms with Gasteiger partial charge in [-0.3, -0.25) is 14.7 Å². The fourth-order valence-electron chi connectivity index (χ4n) is 4.87. The highest BCUT2D eigenvalue weighted by Gasteiger charge is 2.41. The van der Waals surface area contributed by atoms with E-state index in [1.807, 2.05) is 31.2 Å². The lowest BCUT2D eigenvalue weighted by molar-refractivity contribution is -0.0872. The molecule has 2 aromatic carbocycles. The van der Waals surface area contributed by atoms with Gasteiger partial charge >= 0.3 is 0 Å². The van der Waals surface area contributed by atoms with E-state index in [2.05, 4.69) is 46.3 Å². The average Bonchev–Trinajstić information content (AvgIpc) is 2.73. The van der Waals surface area contributed by atoms with Crippen LogP contribution in [0.15, 0.2) is 60.7 Å². The Balaban J connectivity index is 1.35. The molecule has 2 fully saturated rings. The van der Waals surface area contributed by atoms with Crippen LogP contribution in [-0.4, -0.2) is 41.0 Å². The summed E-state index contributed by atoms with van der Waals surface area (Å²) in [5, 5.41) is 1.03. The molecule has 2 saturated heterocycles. The van der Waals surface area contributed by atoms with Gasteiger partial charge in [0.05, 0.1) is 18.7 Å². The summed E-state index contributed by atoms with van der Waals surface area (Å²) in [7, 11) is 0. The highest BCUT2D eigenvalue weighted by atomic mass is 16.5. The molecule has 2 atom stereocenters. The van der Waals surface area contributed by atoms with Gasteiger partial charge in [0.1, 0.15) is 0 Å². The van der Waals surface area contributed by atoms with E-state index in [1.165, 1.54) is 5.56 Å². The van der Waals surface area contributed by atoms with Crippen molar-refractivity contribution in [2.45, 2.75) is 38.4 Å². The molecule has 29 heavy (non-hydrogen) atoms. The smallest absolute Gasteiger partial charge is 0.166 e. The van der Waals surface area contributed by atoms with Crippen LogP contribution in [0.4, 0.5) is 0 Å². The van der Waals surface area contributed by atoms with Crippen LogP contribution in [0.5, 0.6) is 0 Å². The number of aryl methyl sites for hydroxylation is 1. The van der Waals surface area contributed by atoms with Crippen molar-refractivity contribution in [1.29, 1.82) is 0 Å². The molecule has 1 aromatic heterocycles. The predicted octanol–water partition coefficient (Wildman–Crippen LogP) is 4.41. The molecule has 0 radical (unpaired) electrons. The van der Waals surface area contributed by atoms with Crippen LogP contribution in [-0.2, 0) is 11.3 Å². The van der Waals surface area contributed by atoms with Gasteiger partial charge in [-0.25, -0.2) is 0 Å². The monoisotopic (exact) mass is 386 g/mol. The van der Waals surface area contributed by atoms with Gasteiger partial charge in [0.15, 0.2) is 5.78 Å². The second kappa shape index (κ2) is 7.69. The number of rotatable bonds is 4. The third-order valence-electron chi connectivity index (χ3n) is 6.36. The number of benzene rings is 2. The number of hydrogen-bond donors (Lipinski definition) is 0. The minimum atomic E-state index is 0.0665. The molecule has 2 unspecified atom stereocenters. The number of morpholine rings is 1. The summed E-state index contributed by atoms with van der Waals surface area (Å²) in [6, 6.07) is 21.2. The second-order valence-corrected chi connectivity index (χ2v) is 8.40. The first-order valence-electron chi connectivity index (χ1n) is 10.5. The first-order valence-corrected chi connectivity index (χ1v) is 10.5. The maximum atomic E-state index is 13.3. The summed E-state index contributed by atoms with van der Waals surface area (Å²) in [5.74, 6) is 0.334. The summed E-state index contributed by atoms with van der Waals surface area (Å²) in [4.78, 5) is 20.4. The van der Waals surface area contributed by atoms with E-state index in [4.69, 9.17) is 4.74 Å². The predicted molar refractivity (Wildman–Crippen MR) is 114 cm³/mol. The molecule has 2 aliphatic heterocycles. The van der Waals surface area contributed by atoms with Crippen molar-refractivity contribution in [3.63, 3.8) is 0 Å². The van der Waals surface area contributed by atoms with E-state index in [9.17, 15) is 4.79 Å². The van der Waals surface area contributed by atoms with Crippen molar-refractivity contribution < 1.29 is 9.53 Å². The largest absolute Gasteiger partial charge is 0.378 e. The molecule has 0 amide bonds. The van der Waals surface area contributed by atoms with Gasteiger partial charge in [-0.15, -0.1) is 0 Å². The lowest BCUT2D eigenvalue weighted by Crippen LogP contribution is -2.57. The van der Waals surface area contributed by atoms with Crippen LogP contribution in [0.2, 0.25) is 0 Å². The van der Waals surface area contributed by atoms with E-state index < -0.39 is 0 Å². The topological polar surface area (TPSA) is 42.4 Å². The van der Waals surface area contributed by atoms with E-state index in [0.29, 0.717) is 25.3 Å². The molecule has 5 rings (SSSR count). The highest BCUT2D eigenvalue weighted by molar-refractivity contribution is 6.01. The Hall–Kier alpha value is -2.56. The van der Waals surface area contributed by atoms with Gasteiger partial charge in [0.25, 0.3) is 0 Å². The normalized spacial score (nSPS) is 24.5. The standard InChI is InChI=1S/C25H26N2O2/c1-17-7-8-19-11-20(9-10-24(19)26-17)25(28)21-12-22-15-29-16-23(13-21)27(22)14-18-5-3-2-4-6-18/h2-11,21-23H,12-16H2,1H3. The molecule has 2 aliphatic rings. The zero-order chi connectivity index (χ0) is 19.8. The van der Waals surface area contributed by atoms with Crippen molar-refractivity contribution in [1.82, 2.24) is 9.88 Å². The number of ether oxygens (including phenoxy) is 1. The molecule has 0 aliphatic carbocycles. The number of Topliss-reactive ketones (excluding diaryl/α,β-unsaturated/α-hetero) is 1. The molecule has 4 heteroatoms. The Morgan fingerprint density at radius 2 is 1.79 bits per heavy atom. The summed E-state index contributed by atoms with van der Waals surface area (Å²) < 4.78 is 5.85. The third-order valence-corrected chi connectivity index (χ3v) is 6.36. The first kappa shape index (κ1) is 18.5. The molecular formula is C25H26N2O2. The number of hydrogen-bond acceptors (Lipinski definition) is 4. The minimum Gasteiger partial charge on any atom is -0.378 e. The number of pyridine rings is 1. The number of piperidine rings is 1. The molecule has 0 N–H and O–H groups in total. The van der Waals surface area contributed by atoms with Gasteiger partial charge < -0.3 is 4.74 Å². The van der Waals surface area contributed by atoms with Crippen molar-refractivity contribution >= 4 is 16.7 Å². The number of carbonyl (C=O) groups excluding carboxylic acids is 1. The first-order chi connectivity index (χ1) is 14.2. The van der Waals surface area contributed by atoms with Crippen LogP contribution in [0.25, 0.3) is 10.9 Å². The van der Waals surface area contributed by atoms with E-state index in [1.54, 1.807) is 0 Å². The third kappa shape index (κ3) is 3.70. The quantitative estimate of drug-likeness (QED) is 0.623. The SMILES string of the molecule is Cc1ccc2cc(C(=O)C3CC4COCC(C3)N4Cc3ccccc3)ccc2n1. The lowest BCUT2D eigenvalue weighted by atomic mass is 9.80. The van der Waals surface area contributed by atoms with Crippen LogP contribution in [0.1, 0.15) is 34.5 Å². The van der Waals surface area contributed by atoms with Crippen LogP contribution >= 0.6 is 0 Å². The van der Waals surface area contributed by atoms with E-state index in [-0.39, 0.29) is 11.7 Å². The van der Waals surface area contributed by atoms with Crippen LogP contribution in [0.3, 0.4) is 0 Å². The van der Waals surface area contributed by atoms with Gasteiger partial charge in [-0.2, -0.15) is 0 Å². The Morgan fingerprint density at radius 1 is 1.03 bits per heavy atom. The van der Waals surface area contributed by atoms with Gasteiger partial charge in [-0.1, -0.05) is 36.4 Å². The van der Waals surface area contributed by atoms with Gasteiger partial charge in [0.2, 0.25) is 0 Å². The fourth-order valence-corrected chi connectivity index (χ4v) is 4.87. The minimum absolute atomic E-state index is 0.0665. The summed E-state index contributed by atoms with van der Waals surface area (Å²) in [5.41, 5.74) is 4.08. The van der Waals surface area contributed by atoms with Crippen LogP contribution in [0, 0.1) is 12.8 Å². The average molecular weight is 386 g/mol. The summed E-state index contributed by atoms with van der Waals surface area (Å²) >= 11 is 0. The molecular weight excluding hydrogens is 360 g/mol. The highest BCUT2D eigenvalue weighted by Crippen LogP contribution is 2.35. The van der Waals surface area contributed by atoms with E-state index >= 15 is 0 Å². The fraction of sp³-hybridized carbons (Fsp3) is 0.360. The van der Waals surface area contributed by atoms with E-state index in [0.717, 1.165) is 41.5 Å². The molecule has 0 saturated carbocycles. The van der Waals surface area contributed by atoms with Gasteiger partial charge in [0, 0.05) is 41.2 Å². The van der Waals surface area contributed by atoms with Crippen molar-refractivity contribution in [2.75, 3.05) is 13.2 Å². The summed E-state index contributed by atoms with van der Waals surface area (Å²) in [6.07, 6.45) is 1.73. The number of aromatic nitrogens is 1. The maximum absolute atomic E-state index is 13.3. The Kier molecular flexibility index (Phi) is 4.90. The molecule has 0 spiro atoms. The number of nitrogens with zero attached hydrogens (tertiary/aromatic N) is 2. The number of fused-ring (bicyclic) bond motifs is 3. The molecule has 4 nitrogen and oxygen atoms in total. The Labute approximate surface area is 171 Å². The zero-order valence-electron chi connectivity index (χ0n) is 16.8. The van der Waals surface area contributed by atoms with Crippen molar-refractivity contribution in [2.24, 2.45) is 5.92 Å². The Bertz CT molecular complexity index is 1020. The summed E-state index contributed by atoms with van der Waals surface area (Å²) in [6.45, 7) is 4.35. The zero-order valence-corrected chi connectivity index (χ0v) is 16.8. The van der Waals surface area contributed by atoms with Crippen molar-refractivity contribution in [3.05, 3.63) is 77.5 Å². The second-order valence-electron chi connectivity index (χ2n) is 8.40. The molecule has 3 aromatic rings. The Morgan fingerprint density at radius 3 is 2.55 bits per heavy atom.